The van der Waals surface area contributed by atoms with Crippen LogP contribution in [0, 0.1) is 0 Å². The second-order valence-electron chi connectivity index (χ2n) is 23.3. The molecule has 19 aromatic rings. The van der Waals surface area contributed by atoms with Crippen LogP contribution in [0.2, 0.25) is 0 Å². The van der Waals surface area contributed by atoms with Crippen molar-refractivity contribution >= 4 is 87.8 Å². The Balaban J connectivity index is 0.000000139. The first-order valence-electron chi connectivity index (χ1n) is 31.1. The lowest BCUT2D eigenvalue weighted by Gasteiger charge is -2.10. The average molecular weight is 1210 g/mol. The van der Waals surface area contributed by atoms with Gasteiger partial charge in [-0.15, -0.1) is 0 Å². The number of nitrogens with zero attached hydrogens (tertiary/aromatic N) is 6. The molecule has 19 rings (SSSR count). The molecule has 0 spiro atoms. The van der Waals surface area contributed by atoms with Crippen molar-refractivity contribution in [2.75, 3.05) is 0 Å². The van der Waals surface area contributed by atoms with Gasteiger partial charge in [-0.1, -0.05) is 237 Å². The minimum absolute atomic E-state index is 0.633. The lowest BCUT2D eigenvalue weighted by molar-refractivity contribution is 0.662. The van der Waals surface area contributed by atoms with Crippen LogP contribution in [-0.4, -0.2) is 29.9 Å². The molecule has 94 heavy (non-hydrogen) atoms. The summed E-state index contributed by atoms with van der Waals surface area (Å²) in [7, 11) is 0. The molecule has 0 amide bonds. The van der Waals surface area contributed by atoms with E-state index in [1.54, 1.807) is 0 Å². The summed E-state index contributed by atoms with van der Waals surface area (Å²) in [5, 5.41) is 8.60. The topological polar surface area (TPSA) is 130 Å². The zero-order valence-electron chi connectivity index (χ0n) is 50.2. The lowest BCUT2D eigenvalue weighted by Crippen LogP contribution is -2.00. The van der Waals surface area contributed by atoms with E-state index >= 15 is 0 Å². The SMILES string of the molecule is c1ccc(-c2nc(-c3ccccc3)nc(-c3ccc(-c4ccc5c(c4)oc4ccc6oc7ccccc7c6c45)cc3)n2)cc1.c1ccc(-c2nc(-c3ccccc3)nc(-c3ccc(-c4cccc(-c5ccc6oc7c(ccc8oc9ccccc9c87)c6c5)c4)cc3)n2)cc1. The molecule has 0 N–H and O–H groups in total. The van der Waals surface area contributed by atoms with Crippen LogP contribution in [-0.2, 0) is 0 Å². The summed E-state index contributed by atoms with van der Waals surface area (Å²) in [6.45, 7) is 0. The van der Waals surface area contributed by atoms with Crippen LogP contribution < -0.4 is 0 Å². The van der Waals surface area contributed by atoms with Crippen molar-refractivity contribution in [1.82, 2.24) is 29.9 Å². The fraction of sp³-hybridized carbons (Fsp3) is 0. The van der Waals surface area contributed by atoms with E-state index in [4.69, 9.17) is 47.6 Å². The predicted octanol–water partition coefficient (Wildman–Crippen LogP) is 22.3. The zero-order chi connectivity index (χ0) is 62.1. The third-order valence-corrected chi connectivity index (χ3v) is 17.5. The van der Waals surface area contributed by atoms with Gasteiger partial charge in [0, 0.05) is 71.1 Å². The zero-order valence-corrected chi connectivity index (χ0v) is 50.2. The highest BCUT2D eigenvalue weighted by atomic mass is 16.3. The van der Waals surface area contributed by atoms with E-state index < -0.39 is 0 Å². The summed E-state index contributed by atoms with van der Waals surface area (Å²) in [5.41, 5.74) is 19.2. The molecule has 0 saturated carbocycles. The predicted molar refractivity (Wildman–Crippen MR) is 378 cm³/mol. The maximum atomic E-state index is 6.45. The van der Waals surface area contributed by atoms with Gasteiger partial charge in [0.1, 0.15) is 44.7 Å². The summed E-state index contributed by atoms with van der Waals surface area (Å²) in [6, 6.07) is 103. The summed E-state index contributed by atoms with van der Waals surface area (Å²) in [6.07, 6.45) is 0. The van der Waals surface area contributed by atoms with Crippen molar-refractivity contribution in [2.45, 2.75) is 0 Å². The number of furan rings is 4. The van der Waals surface area contributed by atoms with E-state index in [1.807, 2.05) is 176 Å². The van der Waals surface area contributed by atoms with Crippen LogP contribution in [0.1, 0.15) is 0 Å². The molecule has 6 aromatic heterocycles. The molecular formula is C84H50N6O4. The van der Waals surface area contributed by atoms with E-state index in [1.165, 1.54) is 0 Å². The fourth-order valence-corrected chi connectivity index (χ4v) is 12.9. The fourth-order valence-electron chi connectivity index (χ4n) is 12.9. The van der Waals surface area contributed by atoms with Gasteiger partial charge in [0.05, 0.1) is 5.39 Å². The van der Waals surface area contributed by atoms with Crippen molar-refractivity contribution in [2.24, 2.45) is 0 Å². The molecule has 10 nitrogen and oxygen atoms in total. The van der Waals surface area contributed by atoms with Crippen LogP contribution in [0.25, 0.3) is 189 Å². The minimum Gasteiger partial charge on any atom is -0.456 e. The number of hydrogen-bond donors (Lipinski definition) is 0. The molecule has 10 heteroatoms. The largest absolute Gasteiger partial charge is 0.456 e. The molecule has 0 unspecified atom stereocenters. The van der Waals surface area contributed by atoms with Crippen LogP contribution in [0.15, 0.2) is 321 Å². The highest BCUT2D eigenvalue weighted by Crippen LogP contribution is 2.43. The molecule has 0 atom stereocenters. The first kappa shape index (κ1) is 54.1. The highest BCUT2D eigenvalue weighted by molar-refractivity contribution is 6.26. The van der Waals surface area contributed by atoms with Crippen molar-refractivity contribution in [3.8, 4) is 102 Å². The van der Waals surface area contributed by atoms with E-state index in [9.17, 15) is 0 Å². The van der Waals surface area contributed by atoms with E-state index in [2.05, 4.69) is 127 Å². The summed E-state index contributed by atoms with van der Waals surface area (Å²) in [4.78, 5) is 29.1. The van der Waals surface area contributed by atoms with Gasteiger partial charge in [-0.05, 0) is 100 Å². The molecule has 0 saturated heterocycles. The molecule has 6 heterocycles. The maximum Gasteiger partial charge on any atom is 0.164 e. The number of benzene rings is 13. The molecular weight excluding hydrogens is 1160 g/mol. The van der Waals surface area contributed by atoms with Gasteiger partial charge < -0.3 is 17.7 Å². The van der Waals surface area contributed by atoms with Crippen LogP contribution >= 0.6 is 0 Å². The quantitative estimate of drug-likeness (QED) is 0.138. The Morgan fingerprint density at radius 2 is 0.457 bits per heavy atom. The molecule has 0 radical (unpaired) electrons. The Labute approximate surface area is 537 Å². The van der Waals surface area contributed by atoms with E-state index in [0.29, 0.717) is 34.9 Å². The highest BCUT2D eigenvalue weighted by Gasteiger charge is 2.20. The minimum atomic E-state index is 0.633. The van der Waals surface area contributed by atoms with Gasteiger partial charge in [-0.3, -0.25) is 0 Å². The second-order valence-corrected chi connectivity index (χ2v) is 23.3. The smallest absolute Gasteiger partial charge is 0.164 e. The van der Waals surface area contributed by atoms with Crippen molar-refractivity contribution in [1.29, 1.82) is 0 Å². The summed E-state index contributed by atoms with van der Waals surface area (Å²) >= 11 is 0. The Morgan fingerprint density at radius 3 is 0.947 bits per heavy atom. The molecule has 0 bridgehead atoms. The Morgan fingerprint density at radius 1 is 0.160 bits per heavy atom. The van der Waals surface area contributed by atoms with Gasteiger partial charge in [0.2, 0.25) is 0 Å². The van der Waals surface area contributed by atoms with Crippen LogP contribution in [0.4, 0.5) is 0 Å². The first-order chi connectivity index (χ1) is 46.5. The molecule has 440 valence electrons. The van der Waals surface area contributed by atoms with Crippen LogP contribution in [0.3, 0.4) is 0 Å². The van der Waals surface area contributed by atoms with Gasteiger partial charge in [0.25, 0.3) is 0 Å². The molecule has 0 aliphatic heterocycles. The lowest BCUT2D eigenvalue weighted by atomic mass is 9.97. The van der Waals surface area contributed by atoms with E-state index in [-0.39, 0.29) is 0 Å². The van der Waals surface area contributed by atoms with Crippen molar-refractivity contribution < 1.29 is 17.7 Å². The van der Waals surface area contributed by atoms with Gasteiger partial charge in [-0.2, -0.15) is 0 Å². The third-order valence-electron chi connectivity index (χ3n) is 17.5. The summed E-state index contributed by atoms with van der Waals surface area (Å²) < 4.78 is 25.1. The van der Waals surface area contributed by atoms with Gasteiger partial charge in [-0.25, -0.2) is 29.9 Å². The van der Waals surface area contributed by atoms with E-state index in [0.717, 1.165) is 155 Å². The Bertz CT molecular complexity index is 5970. The van der Waals surface area contributed by atoms with Crippen LogP contribution in [0.5, 0.6) is 0 Å². The molecule has 0 aliphatic rings. The Hall–Kier alpha value is -12.9. The van der Waals surface area contributed by atoms with Crippen molar-refractivity contribution in [3.63, 3.8) is 0 Å². The number of fused-ring (bicyclic) bond motifs is 14. The average Bonchev–Trinajstić information content (AvgIpc) is 1.58. The molecule has 0 aliphatic carbocycles. The maximum absolute atomic E-state index is 6.45. The normalized spacial score (nSPS) is 11.6. The third kappa shape index (κ3) is 9.69. The first-order valence-corrected chi connectivity index (χ1v) is 31.1. The standard InChI is InChI=1S/C45H27N3O2.C39H23N3O2/c1-3-10-29(11-4-1)43-46-44(30-12-5-2-6-13-30)48-45(47-43)31-20-18-28(19-21-31)32-14-9-15-33(26-32)34-22-24-39-37(27-34)35-23-25-40-41(42(35)50-39)36-16-7-8-17-38(36)49-40;1-3-9-25(10-4-1)37-40-38(26-11-5-2-6-12-26)42-39(41-37)27-17-15-24(16-18-27)28-19-20-30-34(23-28)44-33-22-21-32-35(36(30)33)29-13-7-8-14-31(29)43-32/h1-27H;1-23H. The van der Waals surface area contributed by atoms with Gasteiger partial charge in [0.15, 0.2) is 34.9 Å². The van der Waals surface area contributed by atoms with Gasteiger partial charge >= 0.3 is 0 Å². The number of para-hydroxylation sites is 2. The van der Waals surface area contributed by atoms with Crippen molar-refractivity contribution in [3.05, 3.63) is 303 Å². The number of rotatable bonds is 9. The summed E-state index contributed by atoms with van der Waals surface area (Å²) in [5.74, 6) is 3.86. The number of aromatic nitrogens is 6. The second kappa shape index (κ2) is 22.5. The molecule has 13 aromatic carbocycles. The molecule has 0 fully saturated rings. The Kier molecular flexibility index (Phi) is 13.0. The number of hydrogen-bond acceptors (Lipinski definition) is 10. The monoisotopic (exact) mass is 1210 g/mol.